The van der Waals surface area contributed by atoms with E-state index in [0.29, 0.717) is 23.5 Å². The molecule has 1 aromatic heterocycles. The van der Waals surface area contributed by atoms with Crippen LogP contribution in [-0.2, 0) is 6.67 Å². The predicted octanol–water partition coefficient (Wildman–Crippen LogP) is 6.45. The van der Waals surface area contributed by atoms with Gasteiger partial charge in [0.1, 0.15) is 12.5 Å². The minimum atomic E-state index is -1.65. The molecule has 0 radical (unpaired) electrons. The molecule has 29 heavy (non-hydrogen) atoms. The van der Waals surface area contributed by atoms with E-state index in [-0.39, 0.29) is 5.56 Å². The van der Waals surface area contributed by atoms with Crippen molar-refractivity contribution in [3.63, 3.8) is 0 Å². The summed E-state index contributed by atoms with van der Waals surface area (Å²) in [6.07, 6.45) is 3.31. The number of halogens is 6. The van der Waals surface area contributed by atoms with E-state index >= 15 is 0 Å². The average molecular weight is 416 g/mol. The molecule has 3 nitrogen and oxygen atoms in total. The normalized spacial score (nSPS) is 9.69. The Kier molecular flexibility index (Phi) is 9.64. The molecule has 0 saturated heterocycles. The molecular formula is C20H18F6N2O. The van der Waals surface area contributed by atoms with Crippen molar-refractivity contribution >= 4 is 0 Å². The standard InChI is InChI=1S/C12H10F2N2.C6H2F4O.C2H6/c1-8-6-15-12(16-7-8)9-2-3-10(5-13)11(14)4-9;7-4-1-3(11-10)2-5(8)6(4)9;1-2/h2-4,6-7H,5H2,1H3;1-2H;1-2H3. The van der Waals surface area contributed by atoms with Gasteiger partial charge in [-0.3, -0.25) is 4.94 Å². The second-order valence-corrected chi connectivity index (χ2v) is 5.30. The van der Waals surface area contributed by atoms with Crippen molar-refractivity contribution in [2.24, 2.45) is 0 Å². The number of rotatable bonds is 3. The lowest BCUT2D eigenvalue weighted by molar-refractivity contribution is -0.00711. The largest absolute Gasteiger partial charge is 0.294 e. The maximum atomic E-state index is 13.3. The molecule has 9 heteroatoms. The number of aromatic nitrogens is 2. The van der Waals surface area contributed by atoms with Crippen molar-refractivity contribution in [2.45, 2.75) is 27.4 Å². The number of benzene rings is 2. The molecule has 3 aromatic rings. The summed E-state index contributed by atoms with van der Waals surface area (Å²) >= 11 is 0. The van der Waals surface area contributed by atoms with Gasteiger partial charge in [-0.05, 0) is 18.6 Å². The number of aryl methyl sites for hydroxylation is 1. The monoisotopic (exact) mass is 416 g/mol. The van der Waals surface area contributed by atoms with E-state index in [1.807, 2.05) is 20.8 Å². The minimum Gasteiger partial charge on any atom is -0.294 e. The van der Waals surface area contributed by atoms with Crippen molar-refractivity contribution in [1.29, 1.82) is 0 Å². The first kappa shape index (κ1) is 23.9. The third kappa shape index (κ3) is 6.78. The molecule has 0 aliphatic carbocycles. The Bertz CT molecular complexity index is 896. The average Bonchev–Trinajstić information content (AvgIpc) is 2.74. The van der Waals surface area contributed by atoms with Crippen molar-refractivity contribution < 1.29 is 31.4 Å². The Labute approximate surface area is 163 Å². The van der Waals surface area contributed by atoms with E-state index in [4.69, 9.17) is 0 Å². The Morgan fingerprint density at radius 3 is 1.86 bits per heavy atom. The summed E-state index contributed by atoms with van der Waals surface area (Å²) in [6.45, 7) is 5.07. The zero-order valence-electron chi connectivity index (χ0n) is 15.8. The van der Waals surface area contributed by atoms with Crippen LogP contribution in [0.2, 0.25) is 0 Å². The molecule has 1 heterocycles. The minimum absolute atomic E-state index is 0.0517. The van der Waals surface area contributed by atoms with Crippen molar-refractivity contribution in [3.8, 4) is 17.1 Å². The van der Waals surface area contributed by atoms with Crippen LogP contribution in [0.5, 0.6) is 5.75 Å². The third-order valence-electron chi connectivity index (χ3n) is 3.28. The molecule has 2 aromatic carbocycles. The van der Waals surface area contributed by atoms with Crippen LogP contribution in [0.15, 0.2) is 42.7 Å². The molecular weight excluding hydrogens is 398 g/mol. The van der Waals surface area contributed by atoms with Gasteiger partial charge in [0.15, 0.2) is 29.0 Å². The smallest absolute Gasteiger partial charge is 0.194 e. The highest BCUT2D eigenvalue weighted by atomic mass is 19.3. The lowest BCUT2D eigenvalue weighted by Gasteiger charge is -2.02. The van der Waals surface area contributed by atoms with Gasteiger partial charge < -0.3 is 0 Å². The summed E-state index contributed by atoms with van der Waals surface area (Å²) < 4.78 is 73.3. The zero-order valence-corrected chi connectivity index (χ0v) is 15.8. The van der Waals surface area contributed by atoms with Gasteiger partial charge in [0.2, 0.25) is 0 Å². The molecule has 0 fully saturated rings. The molecule has 0 spiro atoms. The lowest BCUT2D eigenvalue weighted by Crippen LogP contribution is -1.92. The lowest BCUT2D eigenvalue weighted by atomic mass is 10.1. The van der Waals surface area contributed by atoms with Gasteiger partial charge in [-0.25, -0.2) is 31.9 Å². The summed E-state index contributed by atoms with van der Waals surface area (Å²) in [5.74, 6) is -5.46. The molecule has 0 bridgehead atoms. The first-order chi connectivity index (χ1) is 13.8. The Balaban J connectivity index is 0.000000284. The highest BCUT2D eigenvalue weighted by Gasteiger charge is 2.11. The second-order valence-electron chi connectivity index (χ2n) is 5.30. The van der Waals surface area contributed by atoms with E-state index in [0.717, 1.165) is 5.56 Å². The number of alkyl halides is 1. The fraction of sp³-hybridized carbons (Fsp3) is 0.200. The Morgan fingerprint density at radius 1 is 0.862 bits per heavy atom. The van der Waals surface area contributed by atoms with Gasteiger partial charge in [0, 0.05) is 40.2 Å². The molecule has 0 saturated carbocycles. The first-order valence-corrected chi connectivity index (χ1v) is 8.42. The maximum absolute atomic E-state index is 13.3. The van der Waals surface area contributed by atoms with Crippen LogP contribution in [0.25, 0.3) is 11.4 Å². The van der Waals surface area contributed by atoms with E-state index in [1.54, 1.807) is 18.5 Å². The van der Waals surface area contributed by atoms with Crippen LogP contribution in [0.4, 0.5) is 26.5 Å². The topological polar surface area (TPSA) is 35.0 Å². The van der Waals surface area contributed by atoms with Crippen LogP contribution in [0.3, 0.4) is 0 Å². The van der Waals surface area contributed by atoms with Crippen molar-refractivity contribution in [3.05, 3.63) is 77.1 Å². The Morgan fingerprint density at radius 2 is 1.41 bits per heavy atom. The summed E-state index contributed by atoms with van der Waals surface area (Å²) in [4.78, 5) is 11.1. The van der Waals surface area contributed by atoms with E-state index < -0.39 is 35.7 Å². The SMILES string of the molecule is CC.Cc1cnc(-c2ccc(CF)c(F)c2)nc1.FOc1cc(F)c(F)c(F)c1. The van der Waals surface area contributed by atoms with E-state index in [1.165, 1.54) is 12.1 Å². The van der Waals surface area contributed by atoms with Gasteiger partial charge in [-0.15, -0.1) is 0 Å². The molecule has 0 unspecified atom stereocenters. The quantitative estimate of drug-likeness (QED) is 0.363. The third-order valence-corrected chi connectivity index (χ3v) is 3.28. The van der Waals surface area contributed by atoms with Gasteiger partial charge in [-0.1, -0.05) is 26.0 Å². The first-order valence-electron chi connectivity index (χ1n) is 8.42. The predicted molar refractivity (Wildman–Crippen MR) is 96.4 cm³/mol. The van der Waals surface area contributed by atoms with E-state index in [9.17, 15) is 26.5 Å². The fourth-order valence-electron chi connectivity index (χ4n) is 1.91. The molecule has 0 atom stereocenters. The van der Waals surface area contributed by atoms with Crippen LogP contribution in [0.1, 0.15) is 25.0 Å². The van der Waals surface area contributed by atoms with Crippen LogP contribution in [0, 0.1) is 30.2 Å². The zero-order chi connectivity index (χ0) is 22.0. The Hall–Kier alpha value is -3.10. The van der Waals surface area contributed by atoms with Gasteiger partial charge in [-0.2, -0.15) is 0 Å². The molecule has 0 amide bonds. The fourth-order valence-corrected chi connectivity index (χ4v) is 1.91. The summed E-state index contributed by atoms with van der Waals surface area (Å²) in [7, 11) is 0. The van der Waals surface area contributed by atoms with Crippen LogP contribution in [-0.4, -0.2) is 9.97 Å². The highest BCUT2D eigenvalue weighted by molar-refractivity contribution is 5.55. The maximum Gasteiger partial charge on any atom is 0.194 e. The number of hydrogen-bond donors (Lipinski definition) is 0. The second kappa shape index (κ2) is 11.7. The van der Waals surface area contributed by atoms with Gasteiger partial charge in [0.05, 0.1) is 0 Å². The van der Waals surface area contributed by atoms with Gasteiger partial charge >= 0.3 is 0 Å². The van der Waals surface area contributed by atoms with Crippen molar-refractivity contribution in [2.75, 3.05) is 0 Å². The summed E-state index contributed by atoms with van der Waals surface area (Å²) in [5, 5.41) is 0. The van der Waals surface area contributed by atoms with Gasteiger partial charge in [0.25, 0.3) is 0 Å². The molecule has 156 valence electrons. The highest BCUT2D eigenvalue weighted by Crippen LogP contribution is 2.20. The van der Waals surface area contributed by atoms with Crippen molar-refractivity contribution in [1.82, 2.24) is 9.97 Å². The molecule has 0 N–H and O–H groups in total. The molecule has 3 rings (SSSR count). The van der Waals surface area contributed by atoms with Crippen LogP contribution >= 0.6 is 0 Å². The molecule has 0 aliphatic heterocycles. The van der Waals surface area contributed by atoms with E-state index in [2.05, 4.69) is 14.9 Å². The molecule has 0 aliphatic rings. The summed E-state index contributed by atoms with van der Waals surface area (Å²) in [6, 6.07) is 5.08. The summed E-state index contributed by atoms with van der Waals surface area (Å²) in [5.41, 5.74) is 1.54. The number of nitrogens with zero attached hydrogens (tertiary/aromatic N) is 2. The van der Waals surface area contributed by atoms with Crippen LogP contribution < -0.4 is 4.94 Å². The number of hydrogen-bond acceptors (Lipinski definition) is 3.